The molecule has 0 atom stereocenters. The molecular formula is C18H15F3N2O3. The minimum Gasteiger partial charge on any atom is -0.477 e. The second kappa shape index (κ2) is 7.81. The average Bonchev–Trinajstić information content (AvgIpc) is 2.60. The van der Waals surface area contributed by atoms with Crippen molar-refractivity contribution >= 4 is 17.4 Å². The van der Waals surface area contributed by atoms with Gasteiger partial charge in [-0.3, -0.25) is 5.41 Å². The van der Waals surface area contributed by atoms with E-state index in [1.54, 1.807) is 18.2 Å². The van der Waals surface area contributed by atoms with Crippen molar-refractivity contribution in [3.8, 4) is 0 Å². The molecule has 2 rings (SSSR count). The van der Waals surface area contributed by atoms with Crippen molar-refractivity contribution in [1.82, 2.24) is 0 Å². The molecule has 2 N–H and O–H groups in total. The maximum absolute atomic E-state index is 12.8. The molecule has 26 heavy (non-hydrogen) atoms. The Morgan fingerprint density at radius 3 is 2.54 bits per heavy atom. The maximum Gasteiger partial charge on any atom is 0.416 e. The highest BCUT2D eigenvalue weighted by Gasteiger charge is 2.30. The van der Waals surface area contributed by atoms with Crippen LogP contribution in [-0.2, 0) is 22.4 Å². The molecule has 0 unspecified atom stereocenters. The summed E-state index contributed by atoms with van der Waals surface area (Å²) in [7, 11) is 0. The van der Waals surface area contributed by atoms with Gasteiger partial charge in [0.2, 0.25) is 0 Å². The van der Waals surface area contributed by atoms with Crippen molar-refractivity contribution in [2.75, 3.05) is 0 Å². The van der Waals surface area contributed by atoms with E-state index in [-0.39, 0.29) is 23.4 Å². The Morgan fingerprint density at radius 2 is 1.88 bits per heavy atom. The molecule has 0 aromatic heterocycles. The zero-order valence-corrected chi connectivity index (χ0v) is 13.7. The Hall–Kier alpha value is -3.16. The Morgan fingerprint density at radius 1 is 1.19 bits per heavy atom. The van der Waals surface area contributed by atoms with Crippen molar-refractivity contribution in [2.24, 2.45) is 5.16 Å². The van der Waals surface area contributed by atoms with Crippen LogP contribution in [0.1, 0.15) is 29.2 Å². The summed E-state index contributed by atoms with van der Waals surface area (Å²) in [5.41, 5.74) is -0.256. The molecule has 0 amide bonds. The van der Waals surface area contributed by atoms with E-state index < -0.39 is 23.4 Å². The number of alkyl halides is 3. The first-order chi connectivity index (χ1) is 12.2. The number of hydrogen-bond acceptors (Lipinski definition) is 4. The summed E-state index contributed by atoms with van der Waals surface area (Å²) in [5, 5.41) is 20.3. The number of carboxylic acids is 1. The highest BCUT2D eigenvalue weighted by Crippen LogP contribution is 2.29. The highest BCUT2D eigenvalue weighted by molar-refractivity contribution is 6.41. The number of oxime groups is 1. The standard InChI is InChI=1S/C18H15F3N2O3/c1-11(12-6-4-7-14(9-12)18(19,20)21)23-26-10-13-5-2-3-8-15(13)16(22)17(24)25/h2-9,22H,10H2,1H3,(H,24,25)/b22-16?,23-11+. The van der Waals surface area contributed by atoms with Crippen molar-refractivity contribution < 1.29 is 27.9 Å². The molecule has 0 saturated heterocycles. The van der Waals surface area contributed by atoms with Gasteiger partial charge in [0.05, 0.1) is 11.3 Å². The van der Waals surface area contributed by atoms with Crippen LogP contribution in [0.5, 0.6) is 0 Å². The van der Waals surface area contributed by atoms with Crippen LogP contribution in [0.15, 0.2) is 53.7 Å². The summed E-state index contributed by atoms with van der Waals surface area (Å²) in [6.45, 7) is 1.38. The SMILES string of the molecule is C/C(=N\OCc1ccccc1C(=N)C(=O)O)c1cccc(C(F)(F)F)c1. The van der Waals surface area contributed by atoms with Gasteiger partial charge < -0.3 is 9.94 Å². The highest BCUT2D eigenvalue weighted by atomic mass is 19.4. The van der Waals surface area contributed by atoms with Crippen LogP contribution in [-0.4, -0.2) is 22.5 Å². The predicted molar refractivity (Wildman–Crippen MR) is 89.4 cm³/mol. The van der Waals surface area contributed by atoms with Gasteiger partial charge in [-0.1, -0.05) is 41.6 Å². The zero-order chi connectivity index (χ0) is 19.3. The molecule has 0 spiro atoms. The third-order valence-corrected chi connectivity index (χ3v) is 3.53. The fourth-order valence-corrected chi connectivity index (χ4v) is 2.18. The van der Waals surface area contributed by atoms with Crippen LogP contribution in [0.4, 0.5) is 13.2 Å². The molecule has 2 aromatic rings. The summed E-state index contributed by atoms with van der Waals surface area (Å²) in [6, 6.07) is 11.0. The number of benzene rings is 2. The summed E-state index contributed by atoms with van der Waals surface area (Å²) in [6.07, 6.45) is -4.45. The molecule has 0 aliphatic rings. The van der Waals surface area contributed by atoms with E-state index in [1.165, 1.54) is 25.1 Å². The lowest BCUT2D eigenvalue weighted by Gasteiger charge is -2.09. The number of nitrogens with one attached hydrogen (secondary N) is 1. The summed E-state index contributed by atoms with van der Waals surface area (Å²) in [5.74, 6) is -1.37. The first-order valence-corrected chi connectivity index (χ1v) is 7.44. The third kappa shape index (κ3) is 4.69. The van der Waals surface area contributed by atoms with Gasteiger partial charge >= 0.3 is 12.1 Å². The second-order valence-electron chi connectivity index (χ2n) is 5.37. The largest absolute Gasteiger partial charge is 0.477 e. The Bertz CT molecular complexity index is 861. The van der Waals surface area contributed by atoms with E-state index in [0.717, 1.165) is 12.1 Å². The molecule has 0 bridgehead atoms. The summed E-state index contributed by atoms with van der Waals surface area (Å²) < 4.78 is 38.3. The lowest BCUT2D eigenvalue weighted by atomic mass is 10.0. The Kier molecular flexibility index (Phi) is 5.76. The monoisotopic (exact) mass is 364 g/mol. The minimum absolute atomic E-state index is 0.123. The van der Waals surface area contributed by atoms with Gasteiger partial charge in [-0.25, -0.2) is 4.79 Å². The normalized spacial score (nSPS) is 11.9. The first-order valence-electron chi connectivity index (χ1n) is 7.44. The van der Waals surface area contributed by atoms with E-state index in [1.807, 2.05) is 0 Å². The van der Waals surface area contributed by atoms with Crippen molar-refractivity contribution in [2.45, 2.75) is 19.7 Å². The molecule has 2 aromatic carbocycles. The van der Waals surface area contributed by atoms with Gasteiger partial charge in [0, 0.05) is 11.1 Å². The third-order valence-electron chi connectivity index (χ3n) is 3.53. The van der Waals surface area contributed by atoms with Crippen molar-refractivity contribution in [1.29, 1.82) is 5.41 Å². The predicted octanol–water partition coefficient (Wildman–Crippen LogP) is 4.10. The molecule has 8 heteroatoms. The number of aliphatic carboxylic acids is 1. The Labute approximate surface area is 147 Å². The quantitative estimate of drug-likeness (QED) is 0.598. The van der Waals surface area contributed by atoms with Crippen molar-refractivity contribution in [3.05, 3.63) is 70.8 Å². The van der Waals surface area contributed by atoms with E-state index in [2.05, 4.69) is 5.16 Å². The number of hydrogen-bond donors (Lipinski definition) is 2. The Balaban J connectivity index is 2.14. The van der Waals surface area contributed by atoms with Gasteiger partial charge in [-0.15, -0.1) is 0 Å². The van der Waals surface area contributed by atoms with Gasteiger partial charge in [-0.2, -0.15) is 13.2 Å². The topological polar surface area (TPSA) is 82.7 Å². The molecule has 0 aliphatic carbocycles. The molecule has 5 nitrogen and oxygen atoms in total. The lowest BCUT2D eigenvalue weighted by molar-refractivity contribution is -0.137. The molecule has 0 radical (unpaired) electrons. The molecule has 136 valence electrons. The zero-order valence-electron chi connectivity index (χ0n) is 13.7. The fourth-order valence-electron chi connectivity index (χ4n) is 2.18. The van der Waals surface area contributed by atoms with Crippen LogP contribution < -0.4 is 0 Å². The molecular weight excluding hydrogens is 349 g/mol. The van der Waals surface area contributed by atoms with Crippen LogP contribution in [0, 0.1) is 5.41 Å². The fraction of sp³-hybridized carbons (Fsp3) is 0.167. The molecule has 0 aliphatic heterocycles. The van der Waals surface area contributed by atoms with E-state index in [0.29, 0.717) is 5.56 Å². The van der Waals surface area contributed by atoms with E-state index >= 15 is 0 Å². The summed E-state index contributed by atoms with van der Waals surface area (Å²) >= 11 is 0. The maximum atomic E-state index is 12.8. The van der Waals surface area contributed by atoms with Gasteiger partial charge in [0.1, 0.15) is 12.3 Å². The van der Waals surface area contributed by atoms with Crippen LogP contribution >= 0.6 is 0 Å². The van der Waals surface area contributed by atoms with Crippen LogP contribution in [0.3, 0.4) is 0 Å². The van der Waals surface area contributed by atoms with Gasteiger partial charge in [0.15, 0.2) is 0 Å². The van der Waals surface area contributed by atoms with E-state index in [9.17, 15) is 18.0 Å². The molecule has 0 fully saturated rings. The number of halogens is 3. The average molecular weight is 364 g/mol. The smallest absolute Gasteiger partial charge is 0.416 e. The second-order valence-corrected chi connectivity index (χ2v) is 5.37. The lowest BCUT2D eigenvalue weighted by Crippen LogP contribution is -2.15. The molecule has 0 saturated carbocycles. The number of nitrogens with zero attached hydrogens (tertiary/aromatic N) is 1. The minimum atomic E-state index is -4.45. The number of carbonyl (C=O) groups is 1. The summed E-state index contributed by atoms with van der Waals surface area (Å²) in [4.78, 5) is 16.1. The van der Waals surface area contributed by atoms with E-state index in [4.69, 9.17) is 15.4 Å². The van der Waals surface area contributed by atoms with Crippen LogP contribution in [0.2, 0.25) is 0 Å². The van der Waals surface area contributed by atoms with Gasteiger partial charge in [0.25, 0.3) is 0 Å². The first kappa shape index (κ1) is 19.2. The number of carboxylic acid groups (broad SMARTS) is 1. The van der Waals surface area contributed by atoms with Crippen LogP contribution in [0.25, 0.3) is 0 Å². The van der Waals surface area contributed by atoms with Gasteiger partial charge in [-0.05, 0) is 24.6 Å². The number of rotatable bonds is 6. The van der Waals surface area contributed by atoms with Crippen molar-refractivity contribution in [3.63, 3.8) is 0 Å². The molecule has 0 heterocycles.